The molecule has 4 heteroatoms. The molecule has 1 aromatic carbocycles. The van der Waals surface area contributed by atoms with Crippen LogP contribution in [0.25, 0.3) is 0 Å². The summed E-state index contributed by atoms with van der Waals surface area (Å²) in [5.74, 6) is -1.22. The van der Waals surface area contributed by atoms with Gasteiger partial charge in [-0.05, 0) is 5.56 Å². The number of carboxylic acids is 1. The summed E-state index contributed by atoms with van der Waals surface area (Å²) >= 11 is 0. The Morgan fingerprint density at radius 1 is 1.33 bits per heavy atom. The first-order valence-electron chi connectivity index (χ1n) is 4.48. The number of carboxylic acid groups (broad SMARTS) is 1. The smallest absolute Gasteiger partial charge is 0.374 e. The number of aromatic nitrogens is 1. The van der Waals surface area contributed by atoms with Gasteiger partial charge in [0.2, 0.25) is 5.76 Å². The molecular weight excluding hydrogens is 194 g/mol. The van der Waals surface area contributed by atoms with Crippen molar-refractivity contribution in [3.8, 4) is 0 Å². The number of rotatable bonds is 3. The van der Waals surface area contributed by atoms with Gasteiger partial charge in [-0.2, -0.15) is 0 Å². The number of hydrogen-bond acceptors (Lipinski definition) is 3. The van der Waals surface area contributed by atoms with E-state index in [-0.39, 0.29) is 5.76 Å². The lowest BCUT2D eigenvalue weighted by atomic mass is 10.1. The van der Waals surface area contributed by atoms with Crippen molar-refractivity contribution in [2.75, 3.05) is 0 Å². The molecule has 0 unspecified atom stereocenters. The molecule has 0 aliphatic heterocycles. The van der Waals surface area contributed by atoms with Crippen LogP contribution in [-0.2, 0) is 6.42 Å². The summed E-state index contributed by atoms with van der Waals surface area (Å²) in [5.41, 5.74) is 1.70. The number of hydrogen-bond donors (Lipinski definition) is 1. The maximum Gasteiger partial charge on any atom is 0.374 e. The number of aromatic carboxylic acids is 1. The molecule has 0 aliphatic rings. The Morgan fingerprint density at radius 3 is 2.67 bits per heavy atom. The lowest BCUT2D eigenvalue weighted by molar-refractivity contribution is 0.0652. The Bertz CT molecular complexity index is 462. The van der Waals surface area contributed by atoms with Crippen LogP contribution in [0, 0.1) is 0 Å². The third-order valence-corrected chi connectivity index (χ3v) is 2.00. The predicted molar refractivity (Wildman–Crippen MR) is 52.7 cm³/mol. The van der Waals surface area contributed by atoms with E-state index >= 15 is 0 Å². The van der Waals surface area contributed by atoms with Gasteiger partial charge in [0.25, 0.3) is 0 Å². The van der Waals surface area contributed by atoms with Crippen LogP contribution in [-0.4, -0.2) is 16.2 Å². The summed E-state index contributed by atoms with van der Waals surface area (Å²) in [6.45, 7) is 0. The van der Waals surface area contributed by atoms with Gasteiger partial charge in [0.05, 0.1) is 5.69 Å². The van der Waals surface area contributed by atoms with E-state index in [2.05, 4.69) is 9.68 Å². The molecule has 0 radical (unpaired) electrons. The highest BCUT2D eigenvalue weighted by atomic mass is 16.5. The van der Waals surface area contributed by atoms with Crippen LogP contribution in [0.1, 0.15) is 21.8 Å². The van der Waals surface area contributed by atoms with Crippen molar-refractivity contribution in [2.24, 2.45) is 0 Å². The molecule has 0 atom stereocenters. The largest absolute Gasteiger partial charge is 0.475 e. The molecule has 1 heterocycles. The van der Waals surface area contributed by atoms with Crippen molar-refractivity contribution >= 4 is 5.97 Å². The zero-order valence-electron chi connectivity index (χ0n) is 7.88. The van der Waals surface area contributed by atoms with Crippen LogP contribution in [0.3, 0.4) is 0 Å². The molecule has 2 aromatic rings. The minimum absolute atomic E-state index is 0.124. The summed E-state index contributed by atoms with van der Waals surface area (Å²) in [5, 5.41) is 12.3. The molecule has 2 rings (SSSR count). The molecule has 1 N–H and O–H groups in total. The topological polar surface area (TPSA) is 63.3 Å². The number of nitrogens with zero attached hydrogens (tertiary/aromatic N) is 1. The van der Waals surface area contributed by atoms with Gasteiger partial charge in [0, 0.05) is 12.5 Å². The fourth-order valence-electron chi connectivity index (χ4n) is 1.30. The van der Waals surface area contributed by atoms with Gasteiger partial charge in [0.1, 0.15) is 0 Å². The fourth-order valence-corrected chi connectivity index (χ4v) is 1.30. The first-order valence-corrected chi connectivity index (χ1v) is 4.48. The fraction of sp³-hybridized carbons (Fsp3) is 0.0909. The van der Waals surface area contributed by atoms with E-state index in [1.54, 1.807) is 0 Å². The zero-order chi connectivity index (χ0) is 10.7. The highest BCUT2D eigenvalue weighted by Crippen LogP contribution is 2.09. The Kier molecular flexibility index (Phi) is 2.49. The van der Waals surface area contributed by atoms with Gasteiger partial charge < -0.3 is 9.63 Å². The van der Waals surface area contributed by atoms with E-state index < -0.39 is 5.97 Å². The van der Waals surface area contributed by atoms with Crippen molar-refractivity contribution in [1.29, 1.82) is 0 Å². The van der Waals surface area contributed by atoms with Crippen LogP contribution in [0.2, 0.25) is 0 Å². The van der Waals surface area contributed by atoms with E-state index in [9.17, 15) is 4.79 Å². The number of benzene rings is 1. The maximum absolute atomic E-state index is 10.5. The Labute approximate surface area is 86.1 Å². The van der Waals surface area contributed by atoms with Crippen LogP contribution < -0.4 is 0 Å². The lowest BCUT2D eigenvalue weighted by Gasteiger charge is -1.94. The standard InChI is InChI=1S/C11H9NO3/c13-11(14)10-7-9(12-15-10)6-8-4-2-1-3-5-8/h1-5,7H,6H2,(H,13,14). The van der Waals surface area contributed by atoms with Gasteiger partial charge in [-0.3, -0.25) is 0 Å². The predicted octanol–water partition coefficient (Wildman–Crippen LogP) is 1.96. The molecule has 0 saturated heterocycles. The summed E-state index contributed by atoms with van der Waals surface area (Å²) in [7, 11) is 0. The molecule has 0 spiro atoms. The SMILES string of the molecule is O=C(O)c1cc(Cc2ccccc2)no1. The van der Waals surface area contributed by atoms with Crippen LogP contribution in [0.4, 0.5) is 0 Å². The molecule has 0 saturated carbocycles. The summed E-state index contributed by atoms with van der Waals surface area (Å²) < 4.78 is 4.65. The first kappa shape index (κ1) is 9.45. The summed E-state index contributed by atoms with van der Waals surface area (Å²) in [6, 6.07) is 11.1. The van der Waals surface area contributed by atoms with E-state index in [0.29, 0.717) is 12.1 Å². The number of carbonyl (C=O) groups is 1. The van der Waals surface area contributed by atoms with Crippen LogP contribution >= 0.6 is 0 Å². The van der Waals surface area contributed by atoms with Crippen molar-refractivity contribution in [1.82, 2.24) is 5.16 Å². The van der Waals surface area contributed by atoms with Crippen molar-refractivity contribution in [3.63, 3.8) is 0 Å². The van der Waals surface area contributed by atoms with Gasteiger partial charge in [-0.25, -0.2) is 4.79 Å². The average molecular weight is 203 g/mol. The van der Waals surface area contributed by atoms with Crippen LogP contribution in [0.5, 0.6) is 0 Å². The molecule has 0 bridgehead atoms. The van der Waals surface area contributed by atoms with E-state index in [4.69, 9.17) is 5.11 Å². The zero-order valence-corrected chi connectivity index (χ0v) is 7.88. The highest BCUT2D eigenvalue weighted by molar-refractivity contribution is 5.84. The van der Waals surface area contributed by atoms with Crippen molar-refractivity contribution in [2.45, 2.75) is 6.42 Å². The first-order chi connectivity index (χ1) is 7.25. The quantitative estimate of drug-likeness (QED) is 0.828. The van der Waals surface area contributed by atoms with Gasteiger partial charge >= 0.3 is 5.97 Å². The minimum atomic E-state index is -1.10. The second kappa shape index (κ2) is 3.96. The molecule has 1 aromatic heterocycles. The third-order valence-electron chi connectivity index (χ3n) is 2.00. The third kappa shape index (κ3) is 2.22. The van der Waals surface area contributed by atoms with E-state index in [1.165, 1.54) is 6.07 Å². The van der Waals surface area contributed by atoms with Gasteiger partial charge in [0.15, 0.2) is 0 Å². The maximum atomic E-state index is 10.5. The van der Waals surface area contributed by atoms with E-state index in [0.717, 1.165) is 5.56 Å². The molecule has 15 heavy (non-hydrogen) atoms. The Hall–Kier alpha value is -2.10. The monoisotopic (exact) mass is 203 g/mol. The average Bonchev–Trinajstić information content (AvgIpc) is 2.68. The summed E-state index contributed by atoms with van der Waals surface area (Å²) in [4.78, 5) is 10.5. The molecule has 0 aliphatic carbocycles. The highest BCUT2D eigenvalue weighted by Gasteiger charge is 2.10. The second-order valence-electron chi connectivity index (χ2n) is 3.15. The molecular formula is C11H9NO3. The molecule has 0 amide bonds. The van der Waals surface area contributed by atoms with E-state index in [1.807, 2.05) is 30.3 Å². The molecule has 76 valence electrons. The van der Waals surface area contributed by atoms with Crippen LogP contribution in [0.15, 0.2) is 40.9 Å². The lowest BCUT2D eigenvalue weighted by Crippen LogP contribution is -1.92. The molecule has 4 nitrogen and oxygen atoms in total. The Morgan fingerprint density at radius 2 is 2.07 bits per heavy atom. The Balaban J connectivity index is 2.15. The summed E-state index contributed by atoms with van der Waals surface area (Å²) in [6.07, 6.45) is 0.581. The van der Waals surface area contributed by atoms with Crippen molar-refractivity contribution < 1.29 is 14.4 Å². The van der Waals surface area contributed by atoms with Crippen molar-refractivity contribution in [3.05, 3.63) is 53.4 Å². The van der Waals surface area contributed by atoms with Gasteiger partial charge in [-0.1, -0.05) is 35.5 Å². The van der Waals surface area contributed by atoms with Gasteiger partial charge in [-0.15, -0.1) is 0 Å². The molecule has 0 fully saturated rings. The second-order valence-corrected chi connectivity index (χ2v) is 3.15. The normalized spacial score (nSPS) is 10.1. The minimum Gasteiger partial charge on any atom is -0.475 e.